The topological polar surface area (TPSA) is 50.9 Å². The zero-order valence-electron chi connectivity index (χ0n) is 3.59. The van der Waals surface area contributed by atoms with E-state index < -0.39 is 0 Å². The summed E-state index contributed by atoms with van der Waals surface area (Å²) in [5.41, 5.74) is 2.48. The standard InChI is InChI=1S/C3H5N3Se/c4-6-3-5-1-2-7-3/h1-2H,4H2,(H,5,6). The van der Waals surface area contributed by atoms with Gasteiger partial charge in [-0.1, -0.05) is 0 Å². The van der Waals surface area contributed by atoms with E-state index in [1.54, 1.807) is 6.20 Å². The Morgan fingerprint density at radius 3 is 3.00 bits per heavy atom. The van der Waals surface area contributed by atoms with Gasteiger partial charge in [0.05, 0.1) is 0 Å². The minimum atomic E-state index is 0.370. The Morgan fingerprint density at radius 1 is 1.86 bits per heavy atom. The number of nitrogens with two attached hydrogens (primary N) is 1. The van der Waals surface area contributed by atoms with E-state index in [0.717, 1.165) is 4.69 Å². The molecule has 0 aliphatic carbocycles. The van der Waals surface area contributed by atoms with E-state index in [1.807, 2.05) is 4.94 Å². The van der Waals surface area contributed by atoms with Gasteiger partial charge in [0.25, 0.3) is 0 Å². The summed E-state index contributed by atoms with van der Waals surface area (Å²) in [5, 5.41) is 0. The zero-order valence-corrected chi connectivity index (χ0v) is 5.30. The number of anilines is 1. The number of rotatable bonds is 1. The van der Waals surface area contributed by atoms with Gasteiger partial charge in [-0.3, -0.25) is 0 Å². The molecule has 0 fully saturated rings. The van der Waals surface area contributed by atoms with Crippen LogP contribution >= 0.6 is 0 Å². The van der Waals surface area contributed by atoms with Crippen LogP contribution in [0.15, 0.2) is 11.1 Å². The summed E-state index contributed by atoms with van der Waals surface area (Å²) in [6, 6.07) is 0. The molecule has 0 radical (unpaired) electrons. The first-order valence-electron chi connectivity index (χ1n) is 1.79. The molecule has 38 valence electrons. The minimum absolute atomic E-state index is 0.370. The van der Waals surface area contributed by atoms with Crippen LogP contribution < -0.4 is 11.3 Å². The third-order valence-electron chi connectivity index (χ3n) is 0.556. The summed E-state index contributed by atoms with van der Waals surface area (Å²) in [7, 11) is 0. The third-order valence-corrected chi connectivity index (χ3v) is 2.03. The molecule has 0 spiro atoms. The van der Waals surface area contributed by atoms with Crippen LogP contribution in [0.2, 0.25) is 0 Å². The number of nitrogen functional groups attached to an aromatic ring is 1. The quantitative estimate of drug-likeness (QED) is 0.330. The summed E-state index contributed by atoms with van der Waals surface area (Å²) in [5.74, 6) is 5.03. The van der Waals surface area contributed by atoms with Gasteiger partial charge < -0.3 is 0 Å². The maximum absolute atomic E-state index is 5.03. The van der Waals surface area contributed by atoms with Gasteiger partial charge in [0.15, 0.2) is 0 Å². The van der Waals surface area contributed by atoms with Crippen molar-refractivity contribution in [3.63, 3.8) is 0 Å². The molecule has 1 rings (SSSR count). The van der Waals surface area contributed by atoms with Crippen LogP contribution in [0.25, 0.3) is 0 Å². The molecule has 0 saturated carbocycles. The Labute approximate surface area is 47.3 Å². The molecule has 1 aromatic heterocycles. The first-order valence-corrected chi connectivity index (χ1v) is 3.64. The monoisotopic (exact) mass is 163 g/mol. The number of nitrogens with one attached hydrogen (secondary N) is 1. The fourth-order valence-corrected chi connectivity index (χ4v) is 1.22. The summed E-state index contributed by atoms with van der Waals surface area (Å²) < 4.78 is 0.896. The molecule has 0 aromatic carbocycles. The predicted molar refractivity (Wildman–Crippen MR) is 29.0 cm³/mol. The van der Waals surface area contributed by atoms with Crippen molar-refractivity contribution in [2.45, 2.75) is 0 Å². The SMILES string of the molecule is NNc1ncc[se]1. The third kappa shape index (κ3) is 1.03. The Hall–Kier alpha value is -0.311. The molecule has 0 bridgehead atoms. The van der Waals surface area contributed by atoms with E-state index in [2.05, 4.69) is 10.4 Å². The molecule has 0 atom stereocenters. The maximum atomic E-state index is 5.03. The van der Waals surface area contributed by atoms with Crippen LogP contribution in [-0.4, -0.2) is 19.5 Å². The normalized spacial score (nSPS) is 8.71. The van der Waals surface area contributed by atoms with E-state index in [0.29, 0.717) is 14.5 Å². The fraction of sp³-hybridized carbons (Fsp3) is 0. The average molecular weight is 162 g/mol. The molecule has 0 saturated heterocycles. The van der Waals surface area contributed by atoms with Gasteiger partial charge in [-0.05, 0) is 0 Å². The molecule has 3 nitrogen and oxygen atoms in total. The first kappa shape index (κ1) is 4.84. The van der Waals surface area contributed by atoms with Crippen LogP contribution in [0.4, 0.5) is 4.69 Å². The van der Waals surface area contributed by atoms with Gasteiger partial charge in [0, 0.05) is 0 Å². The van der Waals surface area contributed by atoms with E-state index in [-0.39, 0.29) is 0 Å². The summed E-state index contributed by atoms with van der Waals surface area (Å²) in [6.07, 6.45) is 1.76. The molecular formula is C3H5N3Se. The van der Waals surface area contributed by atoms with Crippen LogP contribution in [0, 0.1) is 0 Å². The van der Waals surface area contributed by atoms with Crippen molar-refractivity contribution in [3.8, 4) is 0 Å². The van der Waals surface area contributed by atoms with Crippen LogP contribution in [0.5, 0.6) is 0 Å². The molecule has 1 aromatic rings. The van der Waals surface area contributed by atoms with Gasteiger partial charge in [0.2, 0.25) is 0 Å². The number of hydrogen-bond donors (Lipinski definition) is 2. The van der Waals surface area contributed by atoms with E-state index in [4.69, 9.17) is 5.84 Å². The van der Waals surface area contributed by atoms with E-state index in [9.17, 15) is 0 Å². The van der Waals surface area contributed by atoms with Gasteiger partial charge in [-0.15, -0.1) is 0 Å². The Bertz CT molecular complexity index is 125. The fourth-order valence-electron chi connectivity index (χ4n) is 0.295. The second-order valence-corrected chi connectivity index (χ2v) is 2.86. The van der Waals surface area contributed by atoms with Gasteiger partial charge in [0.1, 0.15) is 0 Å². The molecular weight excluding hydrogens is 157 g/mol. The molecule has 1 heterocycles. The van der Waals surface area contributed by atoms with Crippen molar-refractivity contribution in [3.05, 3.63) is 11.1 Å². The average Bonchev–Trinajstić information content (AvgIpc) is 2.14. The van der Waals surface area contributed by atoms with Crippen LogP contribution in [-0.2, 0) is 0 Å². The number of aromatic nitrogens is 1. The Balaban J connectivity index is 2.76. The molecule has 4 heteroatoms. The zero-order chi connectivity index (χ0) is 5.11. The van der Waals surface area contributed by atoms with Crippen molar-refractivity contribution in [1.82, 2.24) is 4.98 Å². The molecule has 7 heavy (non-hydrogen) atoms. The first-order chi connectivity index (χ1) is 3.43. The molecule has 0 aliphatic heterocycles. The summed E-state index contributed by atoms with van der Waals surface area (Å²) in [4.78, 5) is 5.88. The summed E-state index contributed by atoms with van der Waals surface area (Å²) >= 11 is 0.370. The summed E-state index contributed by atoms with van der Waals surface area (Å²) in [6.45, 7) is 0. The Kier molecular flexibility index (Phi) is 1.46. The van der Waals surface area contributed by atoms with Crippen LogP contribution in [0.1, 0.15) is 0 Å². The van der Waals surface area contributed by atoms with E-state index >= 15 is 0 Å². The van der Waals surface area contributed by atoms with Gasteiger partial charge >= 0.3 is 46.6 Å². The Morgan fingerprint density at radius 2 is 2.71 bits per heavy atom. The van der Waals surface area contributed by atoms with Crippen molar-refractivity contribution >= 4 is 19.2 Å². The number of nitrogens with zero attached hydrogens (tertiary/aromatic N) is 1. The van der Waals surface area contributed by atoms with Crippen LogP contribution in [0.3, 0.4) is 0 Å². The predicted octanol–water partition coefficient (Wildman–Crippen LogP) is -0.576. The van der Waals surface area contributed by atoms with Crippen molar-refractivity contribution in [1.29, 1.82) is 0 Å². The second kappa shape index (κ2) is 2.12. The molecule has 3 N–H and O–H groups in total. The molecule has 0 unspecified atom stereocenters. The van der Waals surface area contributed by atoms with Crippen molar-refractivity contribution in [2.24, 2.45) is 5.84 Å². The molecule has 0 amide bonds. The van der Waals surface area contributed by atoms with Crippen molar-refractivity contribution in [2.75, 3.05) is 5.43 Å². The number of hydrazine groups is 1. The molecule has 0 aliphatic rings. The van der Waals surface area contributed by atoms with E-state index in [1.165, 1.54) is 0 Å². The number of hydrogen-bond acceptors (Lipinski definition) is 3. The second-order valence-electron chi connectivity index (χ2n) is 0.982. The van der Waals surface area contributed by atoms with Gasteiger partial charge in [-0.25, -0.2) is 0 Å². The van der Waals surface area contributed by atoms with Crippen molar-refractivity contribution < 1.29 is 0 Å². The van der Waals surface area contributed by atoms with Gasteiger partial charge in [-0.2, -0.15) is 0 Å².